The zero-order chi connectivity index (χ0) is 16.8. The number of hydrogen-bond acceptors (Lipinski definition) is 5. The minimum atomic E-state index is -2.09. The molecule has 1 aromatic rings. The summed E-state index contributed by atoms with van der Waals surface area (Å²) in [6.45, 7) is 1.88. The zero-order valence-electron chi connectivity index (χ0n) is 12.4. The lowest BCUT2D eigenvalue weighted by Crippen LogP contribution is -2.39. The van der Waals surface area contributed by atoms with Crippen molar-refractivity contribution in [2.75, 3.05) is 13.2 Å². The van der Waals surface area contributed by atoms with Crippen LogP contribution in [0.4, 0.5) is 8.78 Å². The van der Waals surface area contributed by atoms with Crippen LogP contribution < -0.4 is 0 Å². The summed E-state index contributed by atoms with van der Waals surface area (Å²) in [7, 11) is 0. The molecule has 7 heteroatoms. The first-order chi connectivity index (χ1) is 10.3. The molecule has 1 N–H and O–H groups in total. The van der Waals surface area contributed by atoms with Crippen molar-refractivity contribution in [3.05, 3.63) is 35.4 Å². The molecule has 0 atom stereocenters. The van der Waals surface area contributed by atoms with Crippen LogP contribution in [-0.2, 0) is 24.7 Å². The maximum Gasteiger partial charge on any atom is 0.305 e. The molecular formula is C15H18F2O5. The Balaban J connectivity index is 3.02. The molecule has 0 aliphatic carbocycles. The largest absolute Gasteiger partial charge is 0.462 e. The SMILES string of the molecule is CCC(=O)OCC(O)(COC(=O)CC)c1ccc(F)cc1F. The average molecular weight is 316 g/mol. The van der Waals surface area contributed by atoms with Gasteiger partial charge in [0.05, 0.1) is 0 Å². The van der Waals surface area contributed by atoms with Gasteiger partial charge in [-0.2, -0.15) is 0 Å². The highest BCUT2D eigenvalue weighted by molar-refractivity contribution is 5.69. The summed E-state index contributed by atoms with van der Waals surface area (Å²) in [5, 5.41) is 10.5. The van der Waals surface area contributed by atoms with Crippen molar-refractivity contribution in [2.45, 2.75) is 32.3 Å². The summed E-state index contributed by atoms with van der Waals surface area (Å²) in [5.74, 6) is -3.06. The lowest BCUT2D eigenvalue weighted by Gasteiger charge is -2.28. The van der Waals surface area contributed by atoms with Crippen molar-refractivity contribution in [3.8, 4) is 0 Å². The average Bonchev–Trinajstić information content (AvgIpc) is 2.50. The van der Waals surface area contributed by atoms with E-state index in [9.17, 15) is 23.5 Å². The highest BCUT2D eigenvalue weighted by Crippen LogP contribution is 2.26. The second-order valence-corrected chi connectivity index (χ2v) is 4.68. The first-order valence-electron chi connectivity index (χ1n) is 6.81. The fraction of sp³-hybridized carbons (Fsp3) is 0.467. The number of carbonyl (C=O) groups is 2. The third-order valence-corrected chi connectivity index (χ3v) is 2.95. The van der Waals surface area contributed by atoms with Crippen LogP contribution in [0.15, 0.2) is 18.2 Å². The molecule has 0 saturated heterocycles. The van der Waals surface area contributed by atoms with Gasteiger partial charge in [-0.25, -0.2) is 8.78 Å². The Hall–Kier alpha value is -2.02. The molecule has 0 amide bonds. The fourth-order valence-electron chi connectivity index (χ4n) is 1.67. The molecule has 122 valence electrons. The summed E-state index contributed by atoms with van der Waals surface area (Å²) in [6, 6.07) is 2.56. The van der Waals surface area contributed by atoms with Crippen LogP contribution in [0.2, 0.25) is 0 Å². The Morgan fingerprint density at radius 1 is 1.09 bits per heavy atom. The van der Waals surface area contributed by atoms with E-state index in [4.69, 9.17) is 9.47 Å². The van der Waals surface area contributed by atoms with Gasteiger partial charge < -0.3 is 14.6 Å². The van der Waals surface area contributed by atoms with Gasteiger partial charge in [0, 0.05) is 24.5 Å². The Labute approximate surface area is 126 Å². The molecule has 0 unspecified atom stereocenters. The standard InChI is InChI=1S/C15H18F2O5/c1-3-13(18)21-8-15(20,9-22-14(19)4-2)11-6-5-10(16)7-12(11)17/h5-7,20H,3-4,8-9H2,1-2H3. The zero-order valence-corrected chi connectivity index (χ0v) is 12.4. The van der Waals surface area contributed by atoms with Crippen molar-refractivity contribution >= 4 is 11.9 Å². The number of halogens is 2. The van der Waals surface area contributed by atoms with E-state index in [1.54, 1.807) is 13.8 Å². The first-order valence-corrected chi connectivity index (χ1v) is 6.81. The number of rotatable bonds is 7. The van der Waals surface area contributed by atoms with Crippen molar-refractivity contribution in [1.82, 2.24) is 0 Å². The number of esters is 2. The van der Waals surface area contributed by atoms with E-state index < -0.39 is 42.4 Å². The Morgan fingerprint density at radius 2 is 1.59 bits per heavy atom. The van der Waals surface area contributed by atoms with Crippen LogP contribution in [0.25, 0.3) is 0 Å². The van der Waals surface area contributed by atoms with Gasteiger partial charge in [0.2, 0.25) is 0 Å². The van der Waals surface area contributed by atoms with Gasteiger partial charge in [0.25, 0.3) is 0 Å². The van der Waals surface area contributed by atoms with E-state index in [0.717, 1.165) is 12.1 Å². The summed E-state index contributed by atoms with van der Waals surface area (Å²) >= 11 is 0. The quantitative estimate of drug-likeness (QED) is 0.780. The summed E-state index contributed by atoms with van der Waals surface area (Å²) in [6.07, 6.45) is 0.132. The monoisotopic (exact) mass is 316 g/mol. The van der Waals surface area contributed by atoms with Gasteiger partial charge in [-0.1, -0.05) is 19.9 Å². The third kappa shape index (κ3) is 4.77. The van der Waals surface area contributed by atoms with Gasteiger partial charge in [0.15, 0.2) is 5.60 Å². The van der Waals surface area contributed by atoms with Crippen LogP contribution in [0.3, 0.4) is 0 Å². The summed E-state index contributed by atoms with van der Waals surface area (Å²) < 4.78 is 36.5. The second kappa shape index (κ2) is 7.84. The van der Waals surface area contributed by atoms with Crippen molar-refractivity contribution in [3.63, 3.8) is 0 Å². The van der Waals surface area contributed by atoms with E-state index in [1.807, 2.05) is 0 Å². The lowest BCUT2D eigenvalue weighted by molar-refractivity contribution is -0.164. The maximum atomic E-state index is 13.9. The van der Waals surface area contributed by atoms with E-state index in [1.165, 1.54) is 0 Å². The van der Waals surface area contributed by atoms with Gasteiger partial charge in [-0.3, -0.25) is 9.59 Å². The minimum Gasteiger partial charge on any atom is -0.462 e. The van der Waals surface area contributed by atoms with Crippen LogP contribution in [0.1, 0.15) is 32.3 Å². The van der Waals surface area contributed by atoms with E-state index in [0.29, 0.717) is 6.07 Å². The smallest absolute Gasteiger partial charge is 0.305 e. The van der Waals surface area contributed by atoms with E-state index in [-0.39, 0.29) is 18.4 Å². The molecular weight excluding hydrogens is 298 g/mol. The molecule has 5 nitrogen and oxygen atoms in total. The molecule has 1 aromatic carbocycles. The number of hydrogen-bond donors (Lipinski definition) is 1. The number of aliphatic hydroxyl groups is 1. The molecule has 0 radical (unpaired) electrons. The molecule has 0 heterocycles. The van der Waals surface area contributed by atoms with Gasteiger partial charge >= 0.3 is 11.9 Å². The predicted octanol–water partition coefficient (Wildman–Crippen LogP) is 2.06. The Bertz CT molecular complexity index is 525. The van der Waals surface area contributed by atoms with E-state index >= 15 is 0 Å². The van der Waals surface area contributed by atoms with Crippen LogP contribution in [0.5, 0.6) is 0 Å². The van der Waals surface area contributed by atoms with E-state index in [2.05, 4.69) is 0 Å². The molecule has 0 fully saturated rings. The third-order valence-electron chi connectivity index (χ3n) is 2.95. The number of benzene rings is 1. The number of ether oxygens (including phenoxy) is 2. The van der Waals surface area contributed by atoms with Crippen molar-refractivity contribution in [1.29, 1.82) is 0 Å². The summed E-state index contributed by atoms with van der Waals surface area (Å²) in [5.41, 5.74) is -2.41. The van der Waals surface area contributed by atoms with Crippen molar-refractivity contribution < 1.29 is 33.0 Å². The van der Waals surface area contributed by atoms with Crippen LogP contribution in [-0.4, -0.2) is 30.3 Å². The molecule has 0 aliphatic rings. The minimum absolute atomic E-state index is 0.0662. The lowest BCUT2D eigenvalue weighted by atomic mass is 9.95. The number of carbonyl (C=O) groups excluding carboxylic acids is 2. The van der Waals surface area contributed by atoms with Gasteiger partial charge in [-0.05, 0) is 6.07 Å². The first kappa shape index (κ1) is 18.0. The van der Waals surface area contributed by atoms with Crippen molar-refractivity contribution in [2.24, 2.45) is 0 Å². The highest BCUT2D eigenvalue weighted by atomic mass is 19.1. The topological polar surface area (TPSA) is 72.8 Å². The molecule has 0 aliphatic heterocycles. The Morgan fingerprint density at radius 3 is 2.00 bits per heavy atom. The molecule has 1 rings (SSSR count). The fourth-order valence-corrected chi connectivity index (χ4v) is 1.67. The maximum absolute atomic E-state index is 13.9. The summed E-state index contributed by atoms with van der Waals surface area (Å²) in [4.78, 5) is 22.5. The van der Waals surface area contributed by atoms with Crippen LogP contribution >= 0.6 is 0 Å². The second-order valence-electron chi connectivity index (χ2n) is 4.68. The van der Waals surface area contributed by atoms with Gasteiger partial charge in [0.1, 0.15) is 24.8 Å². The molecule has 0 bridgehead atoms. The highest BCUT2D eigenvalue weighted by Gasteiger charge is 2.35. The van der Waals surface area contributed by atoms with Crippen LogP contribution in [0, 0.1) is 11.6 Å². The molecule has 0 saturated carbocycles. The normalized spacial score (nSPS) is 11.1. The molecule has 22 heavy (non-hydrogen) atoms. The predicted molar refractivity (Wildman–Crippen MR) is 72.8 cm³/mol. The van der Waals surface area contributed by atoms with Gasteiger partial charge in [-0.15, -0.1) is 0 Å². The Kier molecular flexibility index (Phi) is 6.42. The molecule has 0 aromatic heterocycles. The molecule has 0 spiro atoms.